The number of nitrogens with zero attached hydrogens (tertiary/aromatic N) is 1. The molecule has 4 rings (SSSR count). The molecule has 0 aliphatic rings. The molecule has 1 aromatic heterocycles. The molecule has 3 aromatic carbocycles. The molecule has 0 bridgehead atoms. The van der Waals surface area contributed by atoms with Crippen molar-refractivity contribution in [3.63, 3.8) is 0 Å². The summed E-state index contributed by atoms with van der Waals surface area (Å²) in [5, 5.41) is 0.836. The molecule has 1 heterocycles. The Balaban J connectivity index is 1.72. The second kappa shape index (κ2) is 11.4. The van der Waals surface area contributed by atoms with E-state index in [2.05, 4.69) is 12.1 Å². The van der Waals surface area contributed by atoms with Gasteiger partial charge in [-0.25, -0.2) is 4.79 Å². The summed E-state index contributed by atoms with van der Waals surface area (Å²) in [6, 6.07) is 22.7. The SMILES string of the molecule is CCOC(=O)COc1ccc2c(c1)cc(C(=O)c1cc(OC)cc(OC)c1)n2CCc1ccccc1. The number of hydrogen-bond acceptors (Lipinski definition) is 6. The Kier molecular flexibility index (Phi) is 7.90. The van der Waals surface area contributed by atoms with E-state index >= 15 is 0 Å². The predicted octanol–water partition coefficient (Wildman–Crippen LogP) is 5.07. The Labute approximate surface area is 210 Å². The number of carbonyl (C=O) groups excluding carboxylic acids is 2. The number of esters is 1. The van der Waals surface area contributed by atoms with Crippen LogP contribution in [0.5, 0.6) is 17.2 Å². The van der Waals surface area contributed by atoms with E-state index in [0.717, 1.165) is 17.3 Å². The van der Waals surface area contributed by atoms with E-state index in [1.165, 1.54) is 5.56 Å². The van der Waals surface area contributed by atoms with Crippen LogP contribution in [0.3, 0.4) is 0 Å². The maximum atomic E-state index is 13.7. The van der Waals surface area contributed by atoms with Gasteiger partial charge in [0.1, 0.15) is 17.2 Å². The molecule has 0 unspecified atom stereocenters. The van der Waals surface area contributed by atoms with E-state index in [-0.39, 0.29) is 12.4 Å². The van der Waals surface area contributed by atoms with E-state index in [1.54, 1.807) is 45.4 Å². The van der Waals surface area contributed by atoms with Gasteiger partial charge in [0, 0.05) is 29.1 Å². The van der Waals surface area contributed by atoms with Gasteiger partial charge in [-0.05, 0) is 55.3 Å². The molecular formula is C29H29NO6. The smallest absolute Gasteiger partial charge is 0.344 e. The monoisotopic (exact) mass is 487 g/mol. The minimum atomic E-state index is -0.430. The topological polar surface area (TPSA) is 76.0 Å². The zero-order chi connectivity index (χ0) is 25.5. The summed E-state index contributed by atoms with van der Waals surface area (Å²) in [6.07, 6.45) is 0.757. The Bertz CT molecular complexity index is 1340. The average Bonchev–Trinajstić information content (AvgIpc) is 3.28. The summed E-state index contributed by atoms with van der Waals surface area (Å²) in [5.41, 5.74) is 3.08. The Morgan fingerprint density at radius 1 is 0.833 bits per heavy atom. The van der Waals surface area contributed by atoms with Crippen molar-refractivity contribution in [1.82, 2.24) is 4.57 Å². The van der Waals surface area contributed by atoms with Gasteiger partial charge in [0.2, 0.25) is 5.78 Å². The first-order valence-electron chi connectivity index (χ1n) is 11.8. The lowest BCUT2D eigenvalue weighted by atomic mass is 10.1. The molecule has 0 spiro atoms. The van der Waals surface area contributed by atoms with Crippen molar-refractivity contribution in [3.8, 4) is 17.2 Å². The van der Waals surface area contributed by atoms with Crippen LogP contribution in [0.25, 0.3) is 10.9 Å². The zero-order valence-electron chi connectivity index (χ0n) is 20.7. The molecule has 0 aliphatic carbocycles. The van der Waals surface area contributed by atoms with Crippen molar-refractivity contribution >= 4 is 22.7 Å². The molecule has 0 radical (unpaired) electrons. The van der Waals surface area contributed by atoms with Crippen molar-refractivity contribution in [2.75, 3.05) is 27.4 Å². The number of aromatic nitrogens is 1. The third-order valence-corrected chi connectivity index (χ3v) is 5.85. The lowest BCUT2D eigenvalue weighted by Crippen LogP contribution is -2.14. The number of benzene rings is 3. The Hall–Kier alpha value is -4.26. The zero-order valence-corrected chi connectivity index (χ0v) is 20.7. The molecule has 186 valence electrons. The van der Waals surface area contributed by atoms with Crippen molar-refractivity contribution in [3.05, 3.63) is 89.6 Å². The highest BCUT2D eigenvalue weighted by Gasteiger charge is 2.20. The van der Waals surface area contributed by atoms with Crippen molar-refractivity contribution < 1.29 is 28.5 Å². The first-order valence-corrected chi connectivity index (χ1v) is 11.8. The lowest BCUT2D eigenvalue weighted by molar-refractivity contribution is -0.145. The summed E-state index contributed by atoms with van der Waals surface area (Å²) < 4.78 is 23.3. The van der Waals surface area contributed by atoms with E-state index in [1.807, 2.05) is 41.0 Å². The van der Waals surface area contributed by atoms with Gasteiger partial charge in [0.15, 0.2) is 6.61 Å². The molecule has 7 heteroatoms. The normalized spacial score (nSPS) is 10.8. The number of methoxy groups -OCH3 is 2. The van der Waals surface area contributed by atoms with Gasteiger partial charge in [-0.15, -0.1) is 0 Å². The number of ether oxygens (including phenoxy) is 4. The highest BCUT2D eigenvalue weighted by Crippen LogP contribution is 2.29. The quantitative estimate of drug-likeness (QED) is 0.217. The highest BCUT2D eigenvalue weighted by molar-refractivity contribution is 6.11. The Morgan fingerprint density at radius 3 is 2.22 bits per heavy atom. The predicted molar refractivity (Wildman–Crippen MR) is 137 cm³/mol. The third kappa shape index (κ3) is 5.68. The van der Waals surface area contributed by atoms with Crippen LogP contribution in [-0.4, -0.2) is 43.8 Å². The van der Waals surface area contributed by atoms with Crippen molar-refractivity contribution in [2.45, 2.75) is 19.9 Å². The number of carbonyl (C=O) groups is 2. The standard InChI is InChI=1S/C29H29NO6/c1-4-35-28(31)19-36-23-10-11-26-21(14-23)17-27(30(26)13-12-20-8-6-5-7-9-20)29(32)22-15-24(33-2)18-25(16-22)34-3/h5-11,14-18H,4,12-13,19H2,1-3H3. The fourth-order valence-electron chi connectivity index (χ4n) is 4.08. The van der Waals surface area contributed by atoms with Gasteiger partial charge in [0.25, 0.3) is 0 Å². The number of rotatable bonds is 11. The minimum absolute atomic E-state index is 0.148. The third-order valence-electron chi connectivity index (χ3n) is 5.85. The molecule has 0 saturated heterocycles. The van der Waals surface area contributed by atoms with Crippen LogP contribution in [0.15, 0.2) is 72.8 Å². The molecule has 0 N–H and O–H groups in total. The number of aryl methyl sites for hydroxylation is 2. The Morgan fingerprint density at radius 2 is 1.56 bits per heavy atom. The van der Waals surface area contributed by atoms with Crippen molar-refractivity contribution in [2.24, 2.45) is 0 Å². The van der Waals surface area contributed by atoms with Gasteiger partial charge in [0.05, 0.1) is 26.5 Å². The summed E-state index contributed by atoms with van der Waals surface area (Å²) in [7, 11) is 3.11. The van der Waals surface area contributed by atoms with Crippen LogP contribution in [0.2, 0.25) is 0 Å². The summed E-state index contributed by atoms with van der Waals surface area (Å²) >= 11 is 0. The first kappa shape index (κ1) is 24.9. The number of ketones is 1. The minimum Gasteiger partial charge on any atom is -0.497 e. The molecular weight excluding hydrogens is 458 g/mol. The molecule has 0 saturated carbocycles. The average molecular weight is 488 g/mol. The van der Waals surface area contributed by atoms with E-state index in [0.29, 0.717) is 41.7 Å². The second-order valence-corrected chi connectivity index (χ2v) is 8.16. The summed E-state index contributed by atoms with van der Waals surface area (Å²) in [5.74, 6) is 1.03. The van der Waals surface area contributed by atoms with E-state index < -0.39 is 5.97 Å². The van der Waals surface area contributed by atoms with Crippen LogP contribution in [0.1, 0.15) is 28.5 Å². The largest absolute Gasteiger partial charge is 0.497 e. The fourth-order valence-corrected chi connectivity index (χ4v) is 4.08. The highest BCUT2D eigenvalue weighted by atomic mass is 16.6. The molecule has 0 fully saturated rings. The van der Waals surface area contributed by atoms with E-state index in [9.17, 15) is 9.59 Å². The van der Waals surface area contributed by atoms with Gasteiger partial charge < -0.3 is 23.5 Å². The van der Waals surface area contributed by atoms with Crippen molar-refractivity contribution in [1.29, 1.82) is 0 Å². The van der Waals surface area contributed by atoms with Crippen LogP contribution in [-0.2, 0) is 22.5 Å². The number of fused-ring (bicyclic) bond motifs is 1. The van der Waals surface area contributed by atoms with Crippen LogP contribution in [0, 0.1) is 0 Å². The molecule has 0 amide bonds. The first-order chi connectivity index (χ1) is 17.5. The van der Waals surface area contributed by atoms with Gasteiger partial charge in [-0.1, -0.05) is 30.3 Å². The van der Waals surface area contributed by atoms with Gasteiger partial charge in [-0.2, -0.15) is 0 Å². The molecule has 0 aliphatic heterocycles. The maximum absolute atomic E-state index is 13.7. The van der Waals surface area contributed by atoms with Gasteiger partial charge in [-0.3, -0.25) is 4.79 Å². The fraction of sp³-hybridized carbons (Fsp3) is 0.241. The molecule has 7 nitrogen and oxygen atoms in total. The maximum Gasteiger partial charge on any atom is 0.344 e. The lowest BCUT2D eigenvalue weighted by Gasteiger charge is -2.12. The summed E-state index contributed by atoms with van der Waals surface area (Å²) in [4.78, 5) is 25.4. The van der Waals surface area contributed by atoms with E-state index in [4.69, 9.17) is 18.9 Å². The second-order valence-electron chi connectivity index (χ2n) is 8.16. The molecule has 4 aromatic rings. The van der Waals surface area contributed by atoms with Crippen LogP contribution >= 0.6 is 0 Å². The molecule has 0 atom stereocenters. The number of hydrogen-bond donors (Lipinski definition) is 0. The van der Waals surface area contributed by atoms with Crippen LogP contribution < -0.4 is 14.2 Å². The molecule has 36 heavy (non-hydrogen) atoms. The summed E-state index contributed by atoms with van der Waals surface area (Å²) in [6.45, 7) is 2.48. The van der Waals surface area contributed by atoms with Crippen LogP contribution in [0.4, 0.5) is 0 Å². The van der Waals surface area contributed by atoms with Gasteiger partial charge >= 0.3 is 5.97 Å².